The van der Waals surface area contributed by atoms with Crippen LogP contribution in [0.25, 0.3) is 0 Å². The Morgan fingerprint density at radius 1 is 1.48 bits per heavy atom. The van der Waals surface area contributed by atoms with Crippen LogP contribution in [0.15, 0.2) is 29.4 Å². The van der Waals surface area contributed by atoms with Crippen molar-refractivity contribution in [3.05, 3.63) is 51.0 Å². The predicted molar refractivity (Wildman–Crippen MR) is 81.7 cm³/mol. The molecular weight excluding hydrogens is 288 g/mol. The van der Waals surface area contributed by atoms with Crippen LogP contribution < -0.4 is 11.1 Å². The van der Waals surface area contributed by atoms with Crippen molar-refractivity contribution in [2.24, 2.45) is 10.9 Å². The number of hydrogen-bond donors (Lipinski definition) is 3. The highest BCUT2D eigenvalue weighted by molar-refractivity contribution is 7.13. The van der Waals surface area contributed by atoms with E-state index in [1.54, 1.807) is 18.2 Å². The number of amidine groups is 1. The lowest BCUT2D eigenvalue weighted by atomic mass is 10.1. The van der Waals surface area contributed by atoms with Gasteiger partial charge in [0.15, 0.2) is 5.84 Å². The summed E-state index contributed by atoms with van der Waals surface area (Å²) in [6.07, 6.45) is 0. The number of benzene rings is 1. The number of rotatable bonds is 4. The van der Waals surface area contributed by atoms with E-state index in [-0.39, 0.29) is 11.7 Å². The molecule has 2 aromatic rings. The van der Waals surface area contributed by atoms with E-state index in [0.29, 0.717) is 17.0 Å². The molecule has 0 aliphatic carbocycles. The summed E-state index contributed by atoms with van der Waals surface area (Å²) in [5.74, 6) is -0.107. The molecule has 7 heteroatoms. The third-order valence-electron chi connectivity index (χ3n) is 2.89. The van der Waals surface area contributed by atoms with Crippen molar-refractivity contribution in [3.63, 3.8) is 0 Å². The lowest BCUT2D eigenvalue weighted by molar-refractivity contribution is 0.0954. The second-order valence-electron chi connectivity index (χ2n) is 4.52. The Bertz CT molecular complexity index is 694. The van der Waals surface area contributed by atoms with Gasteiger partial charge < -0.3 is 16.3 Å². The summed E-state index contributed by atoms with van der Waals surface area (Å²) < 4.78 is 0. The molecule has 0 aliphatic heterocycles. The van der Waals surface area contributed by atoms with Crippen molar-refractivity contribution < 1.29 is 10.0 Å². The number of oxime groups is 1. The van der Waals surface area contributed by atoms with E-state index in [9.17, 15) is 4.79 Å². The summed E-state index contributed by atoms with van der Waals surface area (Å²) in [5.41, 5.74) is 7.75. The first-order chi connectivity index (χ1) is 10.0. The summed E-state index contributed by atoms with van der Waals surface area (Å²) in [7, 11) is 0. The van der Waals surface area contributed by atoms with Gasteiger partial charge in [0.2, 0.25) is 0 Å². The normalized spacial score (nSPS) is 11.4. The van der Waals surface area contributed by atoms with Gasteiger partial charge >= 0.3 is 0 Å². The van der Waals surface area contributed by atoms with Crippen LogP contribution >= 0.6 is 11.3 Å². The molecule has 110 valence electrons. The van der Waals surface area contributed by atoms with Crippen molar-refractivity contribution in [1.29, 1.82) is 0 Å². The number of nitrogens with zero attached hydrogens (tertiary/aromatic N) is 2. The van der Waals surface area contributed by atoms with Gasteiger partial charge in [-0.25, -0.2) is 4.98 Å². The van der Waals surface area contributed by atoms with Crippen LogP contribution in [0.5, 0.6) is 0 Å². The van der Waals surface area contributed by atoms with Gasteiger partial charge in [0.05, 0.1) is 10.7 Å². The van der Waals surface area contributed by atoms with E-state index in [4.69, 9.17) is 10.9 Å². The maximum absolute atomic E-state index is 12.1. The molecule has 0 aliphatic rings. The van der Waals surface area contributed by atoms with Gasteiger partial charge in [-0.15, -0.1) is 11.3 Å². The SMILES string of the molecule is Cc1nc(C)c(C(=O)NCc2cccc(/C(N)=N/O)c2)s1. The monoisotopic (exact) mass is 304 g/mol. The van der Waals surface area contributed by atoms with Gasteiger partial charge in [0, 0.05) is 12.1 Å². The minimum Gasteiger partial charge on any atom is -0.409 e. The average Bonchev–Trinajstić information content (AvgIpc) is 2.83. The lowest BCUT2D eigenvalue weighted by Gasteiger charge is -2.06. The molecule has 0 fully saturated rings. The number of amides is 1. The number of aryl methyl sites for hydroxylation is 2. The second kappa shape index (κ2) is 6.36. The molecular formula is C14H16N4O2S. The summed E-state index contributed by atoms with van der Waals surface area (Å²) in [4.78, 5) is 17.0. The molecule has 6 nitrogen and oxygen atoms in total. The maximum Gasteiger partial charge on any atom is 0.263 e. The number of carbonyl (C=O) groups excluding carboxylic acids is 1. The summed E-state index contributed by atoms with van der Waals surface area (Å²) in [6.45, 7) is 4.05. The van der Waals surface area contributed by atoms with E-state index in [2.05, 4.69) is 15.5 Å². The number of aromatic nitrogens is 1. The first kappa shape index (κ1) is 15.0. The Labute approximate surface area is 126 Å². The summed E-state index contributed by atoms with van der Waals surface area (Å²) >= 11 is 1.37. The number of hydrogen-bond acceptors (Lipinski definition) is 5. The summed E-state index contributed by atoms with van der Waals surface area (Å²) in [6, 6.07) is 7.15. The van der Waals surface area contributed by atoms with Crippen LogP contribution in [0.2, 0.25) is 0 Å². The van der Waals surface area contributed by atoms with Crippen molar-refractivity contribution in [2.45, 2.75) is 20.4 Å². The second-order valence-corrected chi connectivity index (χ2v) is 5.72. The Balaban J connectivity index is 2.06. The zero-order valence-corrected chi connectivity index (χ0v) is 12.6. The molecule has 0 saturated carbocycles. The lowest BCUT2D eigenvalue weighted by Crippen LogP contribution is -2.23. The molecule has 1 aromatic heterocycles. The Morgan fingerprint density at radius 3 is 2.86 bits per heavy atom. The molecule has 0 spiro atoms. The summed E-state index contributed by atoms with van der Waals surface area (Å²) in [5, 5.41) is 15.3. The van der Waals surface area contributed by atoms with Crippen molar-refractivity contribution in [3.8, 4) is 0 Å². The predicted octanol–water partition coefficient (Wildman–Crippen LogP) is 1.78. The smallest absolute Gasteiger partial charge is 0.263 e. The molecule has 0 radical (unpaired) electrons. The number of nitrogens with one attached hydrogen (secondary N) is 1. The fraction of sp³-hybridized carbons (Fsp3) is 0.214. The zero-order chi connectivity index (χ0) is 15.4. The molecule has 1 aromatic carbocycles. The first-order valence-electron chi connectivity index (χ1n) is 6.30. The fourth-order valence-electron chi connectivity index (χ4n) is 1.90. The third-order valence-corrected chi connectivity index (χ3v) is 3.96. The molecule has 1 amide bonds. The first-order valence-corrected chi connectivity index (χ1v) is 7.12. The molecule has 21 heavy (non-hydrogen) atoms. The minimum absolute atomic E-state index is 0.0390. The van der Waals surface area contributed by atoms with Crippen LogP contribution in [0.1, 0.15) is 31.5 Å². The van der Waals surface area contributed by atoms with Crippen LogP contribution in [-0.4, -0.2) is 21.9 Å². The molecule has 2 rings (SSSR count). The maximum atomic E-state index is 12.1. The van der Waals surface area contributed by atoms with Crippen LogP contribution in [0, 0.1) is 13.8 Å². The molecule has 0 bridgehead atoms. The van der Waals surface area contributed by atoms with Gasteiger partial charge in [-0.2, -0.15) is 0 Å². The number of nitrogens with two attached hydrogens (primary N) is 1. The van der Waals surface area contributed by atoms with E-state index in [1.165, 1.54) is 11.3 Å². The third kappa shape index (κ3) is 3.57. The van der Waals surface area contributed by atoms with E-state index < -0.39 is 0 Å². The highest BCUT2D eigenvalue weighted by atomic mass is 32.1. The van der Waals surface area contributed by atoms with Gasteiger partial charge in [0.1, 0.15) is 4.88 Å². The van der Waals surface area contributed by atoms with Crippen molar-refractivity contribution in [1.82, 2.24) is 10.3 Å². The molecule has 1 heterocycles. The topological polar surface area (TPSA) is 101 Å². The van der Waals surface area contributed by atoms with Crippen LogP contribution in [-0.2, 0) is 6.54 Å². The largest absolute Gasteiger partial charge is 0.409 e. The highest BCUT2D eigenvalue weighted by Crippen LogP contribution is 2.17. The van der Waals surface area contributed by atoms with Crippen LogP contribution in [0.3, 0.4) is 0 Å². The highest BCUT2D eigenvalue weighted by Gasteiger charge is 2.13. The van der Waals surface area contributed by atoms with Crippen LogP contribution in [0.4, 0.5) is 0 Å². The average molecular weight is 304 g/mol. The van der Waals surface area contributed by atoms with Crippen molar-refractivity contribution in [2.75, 3.05) is 0 Å². The van der Waals surface area contributed by atoms with E-state index in [1.807, 2.05) is 19.9 Å². The van der Waals surface area contributed by atoms with Gasteiger partial charge in [0.25, 0.3) is 5.91 Å². The van der Waals surface area contributed by atoms with Gasteiger partial charge in [-0.1, -0.05) is 23.4 Å². The fourth-order valence-corrected chi connectivity index (χ4v) is 2.74. The van der Waals surface area contributed by atoms with E-state index in [0.717, 1.165) is 16.3 Å². The quantitative estimate of drug-likeness (QED) is 0.347. The molecule has 0 atom stereocenters. The number of thiazole rings is 1. The molecule has 0 unspecified atom stereocenters. The van der Waals surface area contributed by atoms with Crippen molar-refractivity contribution >= 4 is 23.1 Å². The van der Waals surface area contributed by atoms with Gasteiger partial charge in [-0.05, 0) is 25.5 Å². The Hall–Kier alpha value is -2.41. The van der Waals surface area contributed by atoms with E-state index >= 15 is 0 Å². The zero-order valence-electron chi connectivity index (χ0n) is 11.8. The molecule has 4 N–H and O–H groups in total. The molecule has 0 saturated heterocycles. The Kier molecular flexibility index (Phi) is 4.54. The van der Waals surface area contributed by atoms with Gasteiger partial charge in [-0.3, -0.25) is 4.79 Å². The minimum atomic E-state index is -0.146. The Morgan fingerprint density at radius 2 is 2.24 bits per heavy atom. The number of carbonyl (C=O) groups is 1. The standard InChI is InChI=1S/C14H16N4O2S/c1-8-12(21-9(2)17-8)14(19)16-7-10-4-3-5-11(6-10)13(15)18-20/h3-6,20H,7H2,1-2H3,(H2,15,18)(H,16,19).